The molecule has 4 aliphatic carbocycles. The molecule has 2 N–H and O–H groups in total. The Morgan fingerprint density at radius 3 is 2.70 bits per heavy atom. The Hall–Kier alpha value is -0.340. The predicted molar refractivity (Wildman–Crippen MR) is 111 cm³/mol. The zero-order valence-corrected chi connectivity index (χ0v) is 17.9. The van der Waals surface area contributed by atoms with E-state index in [-0.39, 0.29) is 12.2 Å². The molecule has 8 atom stereocenters. The van der Waals surface area contributed by atoms with Crippen LogP contribution in [0.2, 0.25) is 0 Å². The van der Waals surface area contributed by atoms with E-state index in [0.717, 1.165) is 49.4 Å². The van der Waals surface area contributed by atoms with Crippen molar-refractivity contribution in [3.8, 4) is 0 Å². The summed E-state index contributed by atoms with van der Waals surface area (Å²) in [6.07, 6.45) is 16.8. The molecule has 2 nitrogen and oxygen atoms in total. The third-order valence-corrected chi connectivity index (χ3v) is 9.84. The summed E-state index contributed by atoms with van der Waals surface area (Å²) in [6, 6.07) is 0. The van der Waals surface area contributed by atoms with Gasteiger partial charge in [0.15, 0.2) is 0 Å². The largest absolute Gasteiger partial charge is 0.393 e. The Balaban J connectivity index is 1.47. The first-order chi connectivity index (χ1) is 12.9. The molecule has 4 aliphatic rings. The Bertz CT molecular complexity index is 569. The first-order valence-corrected chi connectivity index (χ1v) is 11.9. The average Bonchev–Trinajstić information content (AvgIpc) is 2.99. The van der Waals surface area contributed by atoms with Gasteiger partial charge in [-0.25, -0.2) is 0 Å². The van der Waals surface area contributed by atoms with E-state index >= 15 is 0 Å². The lowest BCUT2D eigenvalue weighted by molar-refractivity contribution is -0.0511. The molecule has 0 aromatic carbocycles. The van der Waals surface area contributed by atoms with Gasteiger partial charge in [-0.1, -0.05) is 38.8 Å². The summed E-state index contributed by atoms with van der Waals surface area (Å²) in [4.78, 5) is 0. The minimum absolute atomic E-state index is 0.0887. The predicted octanol–water partition coefficient (Wildman–Crippen LogP) is 5.87. The summed E-state index contributed by atoms with van der Waals surface area (Å²) in [7, 11) is 0. The summed E-state index contributed by atoms with van der Waals surface area (Å²) in [5, 5.41) is 20.1. The van der Waals surface area contributed by atoms with Crippen LogP contribution in [0.3, 0.4) is 0 Å². The Morgan fingerprint density at radius 2 is 1.93 bits per heavy atom. The van der Waals surface area contributed by atoms with Crippen LogP contribution in [0.25, 0.3) is 0 Å². The topological polar surface area (TPSA) is 40.5 Å². The molecule has 0 heterocycles. The summed E-state index contributed by atoms with van der Waals surface area (Å²) in [5.41, 5.74) is 2.50. The highest BCUT2D eigenvalue weighted by molar-refractivity contribution is 5.25. The Labute approximate surface area is 166 Å². The van der Waals surface area contributed by atoms with E-state index in [4.69, 9.17) is 0 Å². The lowest BCUT2D eigenvalue weighted by Crippen LogP contribution is -2.50. The minimum Gasteiger partial charge on any atom is -0.393 e. The summed E-state index contributed by atoms with van der Waals surface area (Å²) in [5.74, 6) is 3.50. The van der Waals surface area contributed by atoms with E-state index in [1.54, 1.807) is 5.57 Å². The average molecular weight is 375 g/mol. The molecule has 3 saturated carbocycles. The first-order valence-electron chi connectivity index (χ1n) is 11.9. The monoisotopic (exact) mass is 374 g/mol. The number of hydrogen-bond donors (Lipinski definition) is 2. The molecule has 0 radical (unpaired) electrons. The molecule has 0 aliphatic heterocycles. The molecule has 4 rings (SSSR count). The van der Waals surface area contributed by atoms with Crippen molar-refractivity contribution in [3.63, 3.8) is 0 Å². The highest BCUT2D eigenvalue weighted by Crippen LogP contribution is 2.66. The third-order valence-electron chi connectivity index (χ3n) is 9.84. The quantitative estimate of drug-likeness (QED) is 0.591. The maximum Gasteiger partial charge on any atom is 0.0577 e. The van der Waals surface area contributed by atoms with E-state index in [0.29, 0.717) is 10.8 Å². The van der Waals surface area contributed by atoms with Gasteiger partial charge < -0.3 is 10.2 Å². The zero-order chi connectivity index (χ0) is 19.2. The molecule has 27 heavy (non-hydrogen) atoms. The van der Waals surface area contributed by atoms with Crippen molar-refractivity contribution in [2.24, 2.45) is 34.5 Å². The van der Waals surface area contributed by atoms with E-state index in [2.05, 4.69) is 26.8 Å². The fraction of sp³-hybridized carbons (Fsp3) is 0.920. The number of aliphatic hydroxyl groups excluding tert-OH is 2. The van der Waals surface area contributed by atoms with Crippen LogP contribution in [-0.2, 0) is 0 Å². The van der Waals surface area contributed by atoms with Crippen LogP contribution < -0.4 is 0 Å². The van der Waals surface area contributed by atoms with E-state index in [1.807, 2.05) is 0 Å². The molecular formula is C25H42O2. The van der Waals surface area contributed by atoms with Gasteiger partial charge in [-0.05, 0) is 105 Å². The fourth-order valence-electron chi connectivity index (χ4n) is 8.03. The summed E-state index contributed by atoms with van der Waals surface area (Å²) < 4.78 is 0. The third kappa shape index (κ3) is 3.33. The van der Waals surface area contributed by atoms with Gasteiger partial charge in [0.2, 0.25) is 0 Å². The fourth-order valence-corrected chi connectivity index (χ4v) is 8.03. The van der Waals surface area contributed by atoms with Crippen LogP contribution in [0.5, 0.6) is 0 Å². The van der Waals surface area contributed by atoms with Crippen LogP contribution in [-0.4, -0.2) is 22.4 Å². The van der Waals surface area contributed by atoms with Gasteiger partial charge in [0.1, 0.15) is 0 Å². The van der Waals surface area contributed by atoms with Gasteiger partial charge in [-0.15, -0.1) is 0 Å². The molecule has 154 valence electrons. The zero-order valence-electron chi connectivity index (χ0n) is 17.9. The minimum atomic E-state index is -0.0935. The van der Waals surface area contributed by atoms with Gasteiger partial charge in [-0.2, -0.15) is 0 Å². The van der Waals surface area contributed by atoms with Crippen molar-refractivity contribution in [2.75, 3.05) is 0 Å². The Morgan fingerprint density at radius 1 is 1.11 bits per heavy atom. The highest BCUT2D eigenvalue weighted by atomic mass is 16.3. The maximum absolute atomic E-state index is 10.2. The summed E-state index contributed by atoms with van der Waals surface area (Å²) >= 11 is 0. The number of fused-ring (bicyclic) bond motifs is 5. The van der Waals surface area contributed by atoms with Gasteiger partial charge in [-0.3, -0.25) is 0 Å². The molecule has 0 bridgehead atoms. The number of allylic oxidation sites excluding steroid dienone is 1. The van der Waals surface area contributed by atoms with Gasteiger partial charge in [0.05, 0.1) is 12.2 Å². The van der Waals surface area contributed by atoms with Gasteiger partial charge in [0, 0.05) is 0 Å². The van der Waals surface area contributed by atoms with Crippen molar-refractivity contribution < 1.29 is 10.2 Å². The van der Waals surface area contributed by atoms with Crippen LogP contribution >= 0.6 is 0 Å². The van der Waals surface area contributed by atoms with Crippen molar-refractivity contribution in [2.45, 2.75) is 110 Å². The molecule has 0 amide bonds. The second-order valence-electron chi connectivity index (χ2n) is 11.0. The maximum atomic E-state index is 10.2. The van der Waals surface area contributed by atoms with Crippen molar-refractivity contribution >= 4 is 0 Å². The van der Waals surface area contributed by atoms with Crippen molar-refractivity contribution in [1.29, 1.82) is 0 Å². The number of hydrogen-bond acceptors (Lipinski definition) is 2. The normalized spacial score (nSPS) is 47.6. The molecular weight excluding hydrogens is 332 g/mol. The molecule has 0 aromatic heterocycles. The molecule has 7 unspecified atom stereocenters. The van der Waals surface area contributed by atoms with Crippen molar-refractivity contribution in [3.05, 3.63) is 11.6 Å². The molecule has 0 spiro atoms. The molecule has 3 fully saturated rings. The molecule has 2 heteroatoms. The second kappa shape index (κ2) is 7.48. The lowest BCUT2D eigenvalue weighted by Gasteiger charge is -2.58. The van der Waals surface area contributed by atoms with Crippen LogP contribution in [0, 0.1) is 34.5 Å². The summed E-state index contributed by atoms with van der Waals surface area (Å²) in [6.45, 7) is 7.24. The van der Waals surface area contributed by atoms with Crippen LogP contribution in [0.4, 0.5) is 0 Å². The highest BCUT2D eigenvalue weighted by Gasteiger charge is 2.58. The van der Waals surface area contributed by atoms with Crippen LogP contribution in [0.15, 0.2) is 11.6 Å². The molecule has 0 aromatic rings. The van der Waals surface area contributed by atoms with E-state index in [9.17, 15) is 10.2 Å². The number of rotatable bonds is 5. The second-order valence-corrected chi connectivity index (χ2v) is 11.0. The smallest absolute Gasteiger partial charge is 0.0577 e. The standard InChI is InChI=1S/C25H42O2/c1-4-19(26)7-5-6-17-9-11-22-21-10-8-18-16-20(27)12-14-25(18,3)23(21)13-15-24(17,22)2/h8,17,19-23,26-27H,4-7,9-16H2,1-3H3/t17-,19?,20?,21?,22?,23?,24?,25?/m0/s1. The SMILES string of the molecule is CCC(O)CCC[C@H]1CCC2C3CC=C4CC(O)CCC4(C)C3CCC21C. The van der Waals surface area contributed by atoms with E-state index < -0.39 is 0 Å². The molecule has 0 saturated heterocycles. The van der Waals surface area contributed by atoms with Crippen LogP contribution in [0.1, 0.15) is 97.8 Å². The lowest BCUT2D eigenvalue weighted by atomic mass is 9.47. The van der Waals surface area contributed by atoms with E-state index in [1.165, 1.54) is 51.4 Å². The first kappa shape index (κ1) is 20.0. The van der Waals surface area contributed by atoms with Gasteiger partial charge >= 0.3 is 0 Å². The number of aliphatic hydroxyl groups is 2. The van der Waals surface area contributed by atoms with Gasteiger partial charge in [0.25, 0.3) is 0 Å². The van der Waals surface area contributed by atoms with Crippen molar-refractivity contribution in [1.82, 2.24) is 0 Å². The Kier molecular flexibility index (Phi) is 5.53.